The molecule has 1 saturated heterocycles. The average molecular weight is 553 g/mol. The number of phenols is 2. The van der Waals surface area contributed by atoms with E-state index in [4.69, 9.17) is 4.74 Å². The highest BCUT2D eigenvalue weighted by molar-refractivity contribution is 6.11. The molecule has 3 aromatic rings. The molecule has 0 saturated carbocycles. The van der Waals surface area contributed by atoms with Gasteiger partial charge in [-0.15, -0.1) is 12.4 Å². The largest absolute Gasteiger partial charge is 0.508 e. The highest BCUT2D eigenvalue weighted by Gasteiger charge is 2.29. The molecule has 3 aromatic carbocycles. The molecule has 0 unspecified atom stereocenters. The zero-order chi connectivity index (χ0) is 27.2. The Kier molecular flexibility index (Phi) is 10.1. The first-order valence-corrected chi connectivity index (χ1v) is 12.7. The molecule has 1 amide bonds. The molecular weight excluding hydrogens is 520 g/mol. The first-order valence-electron chi connectivity index (χ1n) is 12.7. The van der Waals surface area contributed by atoms with Gasteiger partial charge >= 0.3 is 5.97 Å². The summed E-state index contributed by atoms with van der Waals surface area (Å²) in [7, 11) is 0. The molecule has 0 bridgehead atoms. The predicted octanol–water partition coefficient (Wildman–Crippen LogP) is 4.58. The maximum Gasteiger partial charge on any atom is 0.338 e. The van der Waals surface area contributed by atoms with Crippen molar-refractivity contribution in [2.45, 2.75) is 44.8 Å². The minimum absolute atomic E-state index is 0. The van der Waals surface area contributed by atoms with Crippen LogP contribution >= 0.6 is 12.4 Å². The average Bonchev–Trinajstić information content (AvgIpc) is 3.13. The van der Waals surface area contributed by atoms with Crippen molar-refractivity contribution in [2.75, 3.05) is 13.1 Å². The van der Waals surface area contributed by atoms with Crippen molar-refractivity contribution in [3.05, 3.63) is 94.5 Å². The van der Waals surface area contributed by atoms with E-state index in [0.717, 1.165) is 18.5 Å². The van der Waals surface area contributed by atoms with Crippen molar-refractivity contribution in [2.24, 2.45) is 0 Å². The summed E-state index contributed by atoms with van der Waals surface area (Å²) in [6.07, 6.45) is 0.799. The van der Waals surface area contributed by atoms with E-state index in [1.165, 1.54) is 42.5 Å². The summed E-state index contributed by atoms with van der Waals surface area (Å²) < 4.78 is 5.81. The van der Waals surface area contributed by atoms with Crippen molar-refractivity contribution in [1.82, 2.24) is 10.6 Å². The fraction of sp³-hybridized carbons (Fsp3) is 0.300. The SMILES string of the molecule is CC(C)c1ccc(O)c(C(=O)c2ccc(C(=O)O[C@@H]3CCCNC[C@H]3NC(=O)c3ccc(O)cc3)cc2)c1.Cl. The lowest BCUT2D eigenvalue weighted by molar-refractivity contribution is 0.0192. The Balaban J connectivity index is 0.00000420. The van der Waals surface area contributed by atoms with Gasteiger partial charge < -0.3 is 25.6 Å². The number of hydrogen-bond acceptors (Lipinski definition) is 7. The lowest BCUT2D eigenvalue weighted by Crippen LogP contribution is -2.49. The molecule has 4 N–H and O–H groups in total. The monoisotopic (exact) mass is 552 g/mol. The van der Waals surface area contributed by atoms with Gasteiger partial charge in [0.15, 0.2) is 5.78 Å². The second-order valence-electron chi connectivity index (χ2n) is 9.75. The second-order valence-corrected chi connectivity index (χ2v) is 9.75. The lowest BCUT2D eigenvalue weighted by Gasteiger charge is -2.26. The number of nitrogens with one attached hydrogen (secondary N) is 2. The molecule has 0 radical (unpaired) electrons. The van der Waals surface area contributed by atoms with Gasteiger partial charge in [0.05, 0.1) is 17.2 Å². The molecule has 1 aliphatic rings. The van der Waals surface area contributed by atoms with Crippen LogP contribution in [-0.4, -0.2) is 53.1 Å². The van der Waals surface area contributed by atoms with E-state index in [9.17, 15) is 24.6 Å². The van der Waals surface area contributed by atoms with Crippen LogP contribution in [0, 0.1) is 0 Å². The van der Waals surface area contributed by atoms with E-state index >= 15 is 0 Å². The summed E-state index contributed by atoms with van der Waals surface area (Å²) in [5.74, 6) is -1.04. The van der Waals surface area contributed by atoms with Crippen LogP contribution < -0.4 is 10.6 Å². The van der Waals surface area contributed by atoms with Crippen LogP contribution in [0.2, 0.25) is 0 Å². The standard InChI is InChI=1S/C30H32N2O6.ClH/c1-18(2)22-11-14-26(34)24(16-22)28(35)19-5-7-21(8-6-19)30(37)38-27-4-3-15-31-17-25(27)32-29(36)20-9-12-23(33)13-10-20;/h5-14,16,18,25,27,31,33-34H,3-4,15,17H2,1-2H3,(H,32,36);1H/t25-,27-;/m1./s1. The Morgan fingerprint density at radius 2 is 1.56 bits per heavy atom. The Morgan fingerprint density at radius 1 is 0.923 bits per heavy atom. The van der Waals surface area contributed by atoms with Gasteiger partial charge in [0.1, 0.15) is 17.6 Å². The number of esters is 1. The minimum atomic E-state index is -0.551. The molecule has 2 atom stereocenters. The molecule has 4 rings (SSSR count). The van der Waals surface area contributed by atoms with Crippen LogP contribution in [-0.2, 0) is 4.74 Å². The third-order valence-corrected chi connectivity index (χ3v) is 6.67. The summed E-state index contributed by atoms with van der Waals surface area (Å²) >= 11 is 0. The molecule has 1 fully saturated rings. The molecule has 0 aliphatic carbocycles. The van der Waals surface area contributed by atoms with Gasteiger partial charge in [-0.25, -0.2) is 4.79 Å². The molecule has 206 valence electrons. The molecule has 9 heteroatoms. The summed E-state index contributed by atoms with van der Waals surface area (Å²) in [5.41, 5.74) is 2.17. The van der Waals surface area contributed by atoms with Gasteiger partial charge in [-0.05, 0) is 79.4 Å². The Bertz CT molecular complexity index is 1310. The molecule has 8 nitrogen and oxygen atoms in total. The molecule has 0 spiro atoms. The zero-order valence-corrected chi connectivity index (χ0v) is 22.7. The fourth-order valence-electron chi connectivity index (χ4n) is 4.38. The number of rotatable bonds is 7. The Labute approximate surface area is 233 Å². The van der Waals surface area contributed by atoms with E-state index < -0.39 is 18.1 Å². The number of aromatic hydroxyl groups is 2. The van der Waals surface area contributed by atoms with Gasteiger partial charge in [-0.2, -0.15) is 0 Å². The van der Waals surface area contributed by atoms with Crippen molar-refractivity contribution < 1.29 is 29.3 Å². The minimum Gasteiger partial charge on any atom is -0.508 e. The number of phenolic OH excluding ortho intramolecular Hbond substituents is 2. The van der Waals surface area contributed by atoms with E-state index in [1.807, 2.05) is 13.8 Å². The molecular formula is C30H33ClN2O6. The van der Waals surface area contributed by atoms with Crippen LogP contribution in [0.25, 0.3) is 0 Å². The number of halogens is 1. The second kappa shape index (κ2) is 13.3. The van der Waals surface area contributed by atoms with Crippen molar-refractivity contribution >= 4 is 30.1 Å². The van der Waals surface area contributed by atoms with E-state index in [1.54, 1.807) is 24.3 Å². The number of benzene rings is 3. The quantitative estimate of drug-likeness (QED) is 0.250. The molecule has 39 heavy (non-hydrogen) atoms. The number of amides is 1. The van der Waals surface area contributed by atoms with Gasteiger partial charge in [-0.1, -0.05) is 32.0 Å². The Hall–Kier alpha value is -3.88. The van der Waals surface area contributed by atoms with Gasteiger partial charge in [0, 0.05) is 17.7 Å². The maximum atomic E-state index is 13.0. The summed E-state index contributed by atoms with van der Waals surface area (Å²) in [5, 5.41) is 25.9. The number of ether oxygens (including phenoxy) is 1. The first-order chi connectivity index (χ1) is 18.2. The van der Waals surface area contributed by atoms with Crippen LogP contribution in [0.3, 0.4) is 0 Å². The third-order valence-electron chi connectivity index (χ3n) is 6.67. The van der Waals surface area contributed by atoms with E-state index in [-0.39, 0.29) is 52.6 Å². The highest BCUT2D eigenvalue weighted by atomic mass is 35.5. The maximum absolute atomic E-state index is 13.0. The smallest absolute Gasteiger partial charge is 0.338 e. The molecule has 1 heterocycles. The topological polar surface area (TPSA) is 125 Å². The van der Waals surface area contributed by atoms with Crippen LogP contribution in [0.15, 0.2) is 66.7 Å². The normalized spacial score (nSPS) is 17.0. The summed E-state index contributed by atoms with van der Waals surface area (Å²) in [4.78, 5) is 38.7. The number of ketones is 1. The van der Waals surface area contributed by atoms with Gasteiger partial charge in [0.25, 0.3) is 5.91 Å². The lowest BCUT2D eigenvalue weighted by atomic mass is 9.95. The van der Waals surface area contributed by atoms with Crippen molar-refractivity contribution in [3.8, 4) is 11.5 Å². The zero-order valence-electron chi connectivity index (χ0n) is 21.8. The van der Waals surface area contributed by atoms with Crippen molar-refractivity contribution in [1.29, 1.82) is 0 Å². The number of carbonyl (C=O) groups is 3. The van der Waals surface area contributed by atoms with Gasteiger partial charge in [-0.3, -0.25) is 9.59 Å². The van der Waals surface area contributed by atoms with Crippen LogP contribution in [0.5, 0.6) is 11.5 Å². The fourth-order valence-corrected chi connectivity index (χ4v) is 4.38. The van der Waals surface area contributed by atoms with E-state index in [0.29, 0.717) is 24.1 Å². The number of hydrogen-bond donors (Lipinski definition) is 4. The Morgan fingerprint density at radius 3 is 2.23 bits per heavy atom. The van der Waals surface area contributed by atoms with Crippen LogP contribution in [0.4, 0.5) is 0 Å². The van der Waals surface area contributed by atoms with Crippen molar-refractivity contribution in [3.63, 3.8) is 0 Å². The predicted molar refractivity (Wildman–Crippen MR) is 150 cm³/mol. The van der Waals surface area contributed by atoms with Gasteiger partial charge in [0.2, 0.25) is 0 Å². The molecule has 0 aromatic heterocycles. The van der Waals surface area contributed by atoms with Crippen LogP contribution in [0.1, 0.15) is 74.8 Å². The first kappa shape index (κ1) is 29.7. The molecule has 1 aliphatic heterocycles. The summed E-state index contributed by atoms with van der Waals surface area (Å²) in [6.45, 7) is 5.19. The number of carbonyl (C=O) groups excluding carboxylic acids is 3. The summed E-state index contributed by atoms with van der Waals surface area (Å²) in [6, 6.07) is 16.6. The third kappa shape index (κ3) is 7.37. The highest BCUT2D eigenvalue weighted by Crippen LogP contribution is 2.26. The van der Waals surface area contributed by atoms with E-state index in [2.05, 4.69) is 10.6 Å².